The van der Waals surface area contributed by atoms with Gasteiger partial charge in [-0.15, -0.1) is 0 Å². The van der Waals surface area contributed by atoms with E-state index < -0.39 is 17.6 Å². The number of anilines is 1. The Morgan fingerprint density at radius 1 is 1.15 bits per heavy atom. The van der Waals surface area contributed by atoms with Gasteiger partial charge in [-0.2, -0.15) is 13.2 Å². The Balaban J connectivity index is 2.21. The number of nitrogens with zero attached hydrogens (tertiary/aromatic N) is 1. The summed E-state index contributed by atoms with van der Waals surface area (Å²) >= 11 is 5.67. The molecule has 1 aromatic heterocycles. The summed E-state index contributed by atoms with van der Waals surface area (Å²) in [4.78, 5) is 3.76. The first kappa shape index (κ1) is 14.6. The molecule has 2 nitrogen and oxygen atoms in total. The van der Waals surface area contributed by atoms with Crippen molar-refractivity contribution in [3.63, 3.8) is 0 Å². The van der Waals surface area contributed by atoms with Gasteiger partial charge in [-0.25, -0.2) is 9.37 Å². The second kappa shape index (κ2) is 5.66. The van der Waals surface area contributed by atoms with Crippen LogP contribution in [0.2, 0.25) is 5.15 Å². The van der Waals surface area contributed by atoms with Crippen molar-refractivity contribution in [3.8, 4) is 0 Å². The van der Waals surface area contributed by atoms with Crippen molar-refractivity contribution < 1.29 is 17.6 Å². The predicted octanol–water partition coefficient (Wildman–Crippen LogP) is 4.51. The largest absolute Gasteiger partial charge is 0.416 e. The Morgan fingerprint density at radius 3 is 2.55 bits per heavy atom. The maximum Gasteiger partial charge on any atom is 0.416 e. The number of aromatic nitrogens is 1. The fraction of sp³-hybridized carbons (Fsp3) is 0.154. The van der Waals surface area contributed by atoms with Gasteiger partial charge in [0.2, 0.25) is 0 Å². The minimum absolute atomic E-state index is 0.0492. The van der Waals surface area contributed by atoms with E-state index in [9.17, 15) is 17.6 Å². The fourth-order valence-corrected chi connectivity index (χ4v) is 1.85. The standard InChI is InChI=1S/C13H9ClF4N2/c14-12-6-10(3-4-19-12)20-7-8-1-2-9(15)5-11(8)13(16,17)18/h1-6H,7H2,(H,19,20). The van der Waals surface area contributed by atoms with Gasteiger partial charge < -0.3 is 5.32 Å². The molecule has 1 N–H and O–H groups in total. The Hall–Kier alpha value is -1.82. The van der Waals surface area contributed by atoms with Crippen LogP contribution in [0.4, 0.5) is 23.2 Å². The summed E-state index contributed by atoms with van der Waals surface area (Å²) in [6, 6.07) is 5.64. The van der Waals surface area contributed by atoms with Crippen molar-refractivity contribution in [2.75, 3.05) is 5.32 Å². The summed E-state index contributed by atoms with van der Waals surface area (Å²) in [7, 11) is 0. The van der Waals surface area contributed by atoms with E-state index in [4.69, 9.17) is 11.6 Å². The molecule has 0 bridgehead atoms. The summed E-state index contributed by atoms with van der Waals surface area (Å²) in [5.41, 5.74) is -0.514. The minimum Gasteiger partial charge on any atom is -0.381 e. The second-order valence-electron chi connectivity index (χ2n) is 4.02. The van der Waals surface area contributed by atoms with Gasteiger partial charge in [-0.1, -0.05) is 17.7 Å². The average Bonchev–Trinajstić information content (AvgIpc) is 2.36. The first-order valence-corrected chi connectivity index (χ1v) is 5.95. The lowest BCUT2D eigenvalue weighted by atomic mass is 10.1. The molecule has 0 unspecified atom stereocenters. The molecule has 2 aromatic rings. The van der Waals surface area contributed by atoms with E-state index in [1.807, 2.05) is 0 Å². The Morgan fingerprint density at radius 2 is 1.90 bits per heavy atom. The molecule has 0 aliphatic rings. The molecule has 7 heteroatoms. The summed E-state index contributed by atoms with van der Waals surface area (Å²) in [5.74, 6) is -0.923. The highest BCUT2D eigenvalue weighted by Gasteiger charge is 2.33. The van der Waals surface area contributed by atoms with Gasteiger partial charge in [0.05, 0.1) is 5.56 Å². The molecule has 106 valence electrons. The number of halogens is 5. The van der Waals surface area contributed by atoms with Crippen LogP contribution in [0.5, 0.6) is 0 Å². The van der Waals surface area contributed by atoms with Crippen molar-refractivity contribution in [2.24, 2.45) is 0 Å². The first-order chi connectivity index (χ1) is 9.36. The molecular weight excluding hydrogens is 296 g/mol. The van der Waals surface area contributed by atoms with E-state index in [-0.39, 0.29) is 17.3 Å². The molecule has 0 amide bonds. The normalized spacial score (nSPS) is 11.4. The molecule has 0 saturated heterocycles. The Kier molecular flexibility index (Phi) is 4.13. The van der Waals surface area contributed by atoms with Crippen LogP contribution < -0.4 is 5.32 Å². The van der Waals surface area contributed by atoms with E-state index in [2.05, 4.69) is 10.3 Å². The van der Waals surface area contributed by atoms with Gasteiger partial charge in [0.1, 0.15) is 11.0 Å². The third-order valence-electron chi connectivity index (χ3n) is 2.59. The minimum atomic E-state index is -4.60. The first-order valence-electron chi connectivity index (χ1n) is 5.57. The van der Waals surface area contributed by atoms with Gasteiger partial charge in [-0.3, -0.25) is 0 Å². The molecule has 0 aliphatic heterocycles. The van der Waals surface area contributed by atoms with Crippen LogP contribution in [0.15, 0.2) is 36.5 Å². The summed E-state index contributed by atoms with van der Waals surface area (Å²) in [6.45, 7) is -0.102. The van der Waals surface area contributed by atoms with Gasteiger partial charge >= 0.3 is 6.18 Å². The van der Waals surface area contributed by atoms with Crippen molar-refractivity contribution in [2.45, 2.75) is 12.7 Å². The van der Waals surface area contributed by atoms with E-state index in [0.717, 1.165) is 12.1 Å². The molecule has 0 atom stereocenters. The fourth-order valence-electron chi connectivity index (χ4n) is 1.68. The van der Waals surface area contributed by atoms with E-state index in [0.29, 0.717) is 11.8 Å². The third kappa shape index (κ3) is 3.60. The van der Waals surface area contributed by atoms with Crippen LogP contribution in [0, 0.1) is 5.82 Å². The molecule has 0 spiro atoms. The van der Waals surface area contributed by atoms with Crippen molar-refractivity contribution in [1.29, 1.82) is 0 Å². The number of benzene rings is 1. The summed E-state index contributed by atoms with van der Waals surface area (Å²) in [5, 5.41) is 3.01. The molecule has 20 heavy (non-hydrogen) atoms. The summed E-state index contributed by atoms with van der Waals surface area (Å²) < 4.78 is 51.3. The zero-order valence-corrected chi connectivity index (χ0v) is 10.8. The molecule has 1 heterocycles. The van der Waals surface area contributed by atoms with E-state index >= 15 is 0 Å². The number of alkyl halides is 3. The monoisotopic (exact) mass is 304 g/mol. The maximum atomic E-state index is 12.9. The molecule has 0 saturated carbocycles. The topological polar surface area (TPSA) is 24.9 Å². The maximum absolute atomic E-state index is 12.9. The lowest BCUT2D eigenvalue weighted by molar-refractivity contribution is -0.138. The Bertz CT molecular complexity index is 614. The highest BCUT2D eigenvalue weighted by Crippen LogP contribution is 2.32. The van der Waals surface area contributed by atoms with Crippen LogP contribution >= 0.6 is 11.6 Å². The molecule has 0 fully saturated rings. The van der Waals surface area contributed by atoms with E-state index in [1.54, 1.807) is 6.07 Å². The Labute approximate surface area is 117 Å². The second-order valence-corrected chi connectivity index (χ2v) is 4.41. The SMILES string of the molecule is Fc1ccc(CNc2ccnc(Cl)c2)c(C(F)(F)F)c1. The van der Waals surface area contributed by atoms with Crippen molar-refractivity contribution in [3.05, 3.63) is 58.6 Å². The number of hydrogen-bond acceptors (Lipinski definition) is 2. The molecule has 0 aliphatic carbocycles. The van der Waals surface area contributed by atoms with Gasteiger partial charge in [0.25, 0.3) is 0 Å². The van der Waals surface area contributed by atoms with Crippen LogP contribution in [-0.4, -0.2) is 4.98 Å². The molecular formula is C13H9ClF4N2. The number of rotatable bonds is 3. The predicted molar refractivity (Wildman–Crippen MR) is 68.0 cm³/mol. The molecule has 1 aromatic carbocycles. The summed E-state index contributed by atoms with van der Waals surface area (Å²) in [6.07, 6.45) is -3.17. The lowest BCUT2D eigenvalue weighted by Gasteiger charge is -2.14. The van der Waals surface area contributed by atoms with Crippen LogP contribution in [0.25, 0.3) is 0 Å². The number of hydrogen-bond donors (Lipinski definition) is 1. The molecule has 2 rings (SSSR count). The van der Waals surface area contributed by atoms with Gasteiger partial charge in [0.15, 0.2) is 0 Å². The highest BCUT2D eigenvalue weighted by atomic mass is 35.5. The average molecular weight is 305 g/mol. The van der Waals surface area contributed by atoms with Crippen molar-refractivity contribution >= 4 is 17.3 Å². The quantitative estimate of drug-likeness (QED) is 0.667. The smallest absolute Gasteiger partial charge is 0.381 e. The zero-order valence-electron chi connectivity index (χ0n) is 10.0. The van der Waals surface area contributed by atoms with Crippen LogP contribution in [0.1, 0.15) is 11.1 Å². The van der Waals surface area contributed by atoms with E-state index in [1.165, 1.54) is 12.3 Å². The number of nitrogens with one attached hydrogen (secondary N) is 1. The molecule has 0 radical (unpaired) electrons. The highest BCUT2D eigenvalue weighted by molar-refractivity contribution is 6.29. The zero-order chi connectivity index (χ0) is 14.8. The number of pyridine rings is 1. The third-order valence-corrected chi connectivity index (χ3v) is 2.79. The van der Waals surface area contributed by atoms with Crippen molar-refractivity contribution in [1.82, 2.24) is 4.98 Å². The van der Waals surface area contributed by atoms with Crippen LogP contribution in [-0.2, 0) is 12.7 Å². The van der Waals surface area contributed by atoms with Gasteiger partial charge in [0, 0.05) is 18.4 Å². The lowest BCUT2D eigenvalue weighted by Crippen LogP contribution is -2.12. The van der Waals surface area contributed by atoms with Gasteiger partial charge in [-0.05, 0) is 29.8 Å². The van der Waals surface area contributed by atoms with Crippen LogP contribution in [0.3, 0.4) is 0 Å².